The van der Waals surface area contributed by atoms with E-state index in [1.165, 1.54) is 0 Å². The second kappa shape index (κ2) is 14.7. The van der Waals surface area contributed by atoms with Crippen molar-refractivity contribution >= 4 is 23.9 Å². The number of nitrogens with zero attached hydrogens (tertiary/aromatic N) is 3. The maximum absolute atomic E-state index is 12.1. The molecule has 3 rings (SSSR count). The Morgan fingerprint density at radius 1 is 0.976 bits per heavy atom. The Hall–Kier alpha value is -3.86. The van der Waals surface area contributed by atoms with E-state index in [1.54, 1.807) is 18.3 Å². The van der Waals surface area contributed by atoms with Gasteiger partial charge in [0.2, 0.25) is 0 Å². The highest BCUT2D eigenvalue weighted by Gasteiger charge is 2.17. The maximum atomic E-state index is 12.1. The van der Waals surface area contributed by atoms with Crippen LogP contribution in [0.15, 0.2) is 60.9 Å². The number of aldehydes is 1. The third kappa shape index (κ3) is 12.0. The molecule has 0 bridgehead atoms. The van der Waals surface area contributed by atoms with Gasteiger partial charge in [-0.1, -0.05) is 18.2 Å². The molecule has 0 spiro atoms. The predicted octanol–water partition coefficient (Wildman–Crippen LogP) is 5.77. The Labute approximate surface area is 242 Å². The first-order valence-electron chi connectivity index (χ1n) is 13.5. The molecule has 10 heteroatoms. The molecule has 0 aliphatic carbocycles. The van der Waals surface area contributed by atoms with Crippen LogP contribution in [0.2, 0.25) is 0 Å². The van der Waals surface area contributed by atoms with E-state index in [4.69, 9.17) is 14.2 Å². The number of rotatable bonds is 13. The second-order valence-electron chi connectivity index (χ2n) is 11.5. The molecule has 1 amide bonds. The summed E-state index contributed by atoms with van der Waals surface area (Å²) in [5, 5.41) is 6.03. The molecular formula is C31H41N5O5. The summed E-state index contributed by atoms with van der Waals surface area (Å²) in [7, 11) is 0. The van der Waals surface area contributed by atoms with Crippen molar-refractivity contribution < 1.29 is 23.8 Å². The lowest BCUT2D eigenvalue weighted by Gasteiger charge is -2.25. The molecule has 0 fully saturated rings. The molecule has 2 heterocycles. The first kappa shape index (κ1) is 31.7. The third-order valence-electron chi connectivity index (χ3n) is 5.54. The van der Waals surface area contributed by atoms with Crippen LogP contribution in [0.1, 0.15) is 57.6 Å². The molecule has 0 atom stereocenters. The van der Waals surface area contributed by atoms with Gasteiger partial charge in [-0.25, -0.2) is 9.78 Å². The van der Waals surface area contributed by atoms with Gasteiger partial charge >= 0.3 is 6.09 Å². The van der Waals surface area contributed by atoms with Crippen LogP contribution in [-0.4, -0.2) is 65.1 Å². The number of pyridine rings is 2. The van der Waals surface area contributed by atoms with Crippen LogP contribution in [0.25, 0.3) is 11.1 Å². The summed E-state index contributed by atoms with van der Waals surface area (Å²) < 4.78 is 16.7. The maximum Gasteiger partial charge on any atom is 0.407 e. The smallest absolute Gasteiger partial charge is 0.407 e. The molecule has 0 saturated heterocycles. The average molecular weight is 564 g/mol. The zero-order valence-electron chi connectivity index (χ0n) is 24.8. The van der Waals surface area contributed by atoms with Gasteiger partial charge in [-0.15, -0.1) is 0 Å². The Bertz CT molecular complexity index is 1270. The molecule has 1 aromatic carbocycles. The highest BCUT2D eigenvalue weighted by atomic mass is 16.7. The summed E-state index contributed by atoms with van der Waals surface area (Å²) in [5.74, 6) is 0.660. The summed E-state index contributed by atoms with van der Waals surface area (Å²) in [6.07, 6.45) is 3.90. The molecular weight excluding hydrogens is 522 g/mol. The summed E-state index contributed by atoms with van der Waals surface area (Å²) in [6, 6.07) is 15.0. The van der Waals surface area contributed by atoms with Gasteiger partial charge in [-0.3, -0.25) is 14.7 Å². The van der Waals surface area contributed by atoms with Crippen LogP contribution in [0.5, 0.6) is 0 Å². The zero-order chi connectivity index (χ0) is 29.9. The van der Waals surface area contributed by atoms with Gasteiger partial charge in [-0.05, 0) is 77.4 Å². The molecule has 220 valence electrons. The number of benzene rings is 1. The summed E-state index contributed by atoms with van der Waals surface area (Å²) in [5.41, 5.74) is 3.25. The average Bonchev–Trinajstić information content (AvgIpc) is 2.90. The lowest BCUT2D eigenvalue weighted by Crippen LogP contribution is -2.39. The van der Waals surface area contributed by atoms with E-state index in [0.717, 1.165) is 28.8 Å². The molecule has 0 saturated carbocycles. The summed E-state index contributed by atoms with van der Waals surface area (Å²) >= 11 is 0. The van der Waals surface area contributed by atoms with Gasteiger partial charge in [0.25, 0.3) is 0 Å². The number of nitrogens with one attached hydrogen (secondary N) is 2. The number of carbonyl (C=O) groups excluding carboxylic acids is 2. The lowest BCUT2D eigenvalue weighted by molar-refractivity contribution is -0.141. The van der Waals surface area contributed by atoms with Crippen molar-refractivity contribution in [2.75, 3.05) is 31.9 Å². The fourth-order valence-electron chi connectivity index (χ4n) is 3.64. The van der Waals surface area contributed by atoms with E-state index >= 15 is 0 Å². The van der Waals surface area contributed by atoms with E-state index in [9.17, 15) is 9.59 Å². The van der Waals surface area contributed by atoms with Crippen molar-refractivity contribution in [1.82, 2.24) is 20.2 Å². The van der Waals surface area contributed by atoms with Gasteiger partial charge in [0, 0.05) is 48.8 Å². The van der Waals surface area contributed by atoms with Crippen LogP contribution in [0.3, 0.4) is 0 Å². The molecule has 0 aliphatic heterocycles. The second-order valence-corrected chi connectivity index (χ2v) is 11.5. The normalized spacial score (nSPS) is 11.8. The number of hydrogen-bond donors (Lipinski definition) is 2. The number of anilines is 2. The Balaban J connectivity index is 1.62. The largest absolute Gasteiger partial charge is 0.444 e. The molecule has 41 heavy (non-hydrogen) atoms. The number of ether oxygens (including phenoxy) is 3. The van der Waals surface area contributed by atoms with Crippen molar-refractivity contribution in [3.63, 3.8) is 0 Å². The number of hydrogen-bond acceptors (Lipinski definition) is 9. The van der Waals surface area contributed by atoms with E-state index < -0.39 is 11.7 Å². The molecule has 0 radical (unpaired) electrons. The Kier molecular flexibility index (Phi) is 11.3. The summed E-state index contributed by atoms with van der Waals surface area (Å²) in [4.78, 5) is 34.2. The first-order chi connectivity index (χ1) is 19.4. The standard InChI is InChI=1S/C31H41N5O5/c1-30(2,3)40-22-39-21-36(15-14-33-29(38)41-31(4,5)6)19-27-11-10-25(18-34-27)24-12-13-32-28(17-24)35-26-9-7-8-23(16-26)20-37/h7-13,16-18,20H,14-15,19,21-22H2,1-6H3,(H,32,35)(H,33,38). The molecule has 0 unspecified atom stereocenters. The monoisotopic (exact) mass is 563 g/mol. The van der Waals surface area contributed by atoms with E-state index in [-0.39, 0.29) is 12.4 Å². The minimum absolute atomic E-state index is 0.156. The predicted molar refractivity (Wildman–Crippen MR) is 159 cm³/mol. The molecule has 10 nitrogen and oxygen atoms in total. The fraction of sp³-hybridized carbons (Fsp3) is 0.419. The highest BCUT2D eigenvalue weighted by Crippen LogP contribution is 2.23. The summed E-state index contributed by atoms with van der Waals surface area (Å²) in [6.45, 7) is 13.3. The van der Waals surface area contributed by atoms with Gasteiger partial charge in [0.05, 0.1) is 11.3 Å². The van der Waals surface area contributed by atoms with Crippen LogP contribution < -0.4 is 10.6 Å². The molecule has 2 N–H and O–H groups in total. The SMILES string of the molecule is CC(C)(C)OCOCN(CCNC(=O)OC(C)(C)C)Cc1ccc(-c2ccnc(Nc3cccc(C=O)c3)c2)cn1. The molecule has 0 aliphatic rings. The lowest BCUT2D eigenvalue weighted by atomic mass is 10.1. The quantitative estimate of drug-likeness (QED) is 0.152. The fourth-order valence-corrected chi connectivity index (χ4v) is 3.64. The van der Waals surface area contributed by atoms with Gasteiger partial charge in [0.15, 0.2) is 0 Å². The van der Waals surface area contributed by atoms with Crippen molar-refractivity contribution in [3.05, 3.63) is 72.2 Å². The minimum Gasteiger partial charge on any atom is -0.444 e. The van der Waals surface area contributed by atoms with Crippen molar-refractivity contribution in [2.24, 2.45) is 0 Å². The van der Waals surface area contributed by atoms with E-state index in [0.29, 0.717) is 37.7 Å². The van der Waals surface area contributed by atoms with E-state index in [2.05, 4.69) is 20.6 Å². The molecule has 2 aromatic heterocycles. The highest BCUT2D eigenvalue weighted by molar-refractivity contribution is 5.78. The van der Waals surface area contributed by atoms with Crippen molar-refractivity contribution in [2.45, 2.75) is 59.3 Å². The van der Waals surface area contributed by atoms with Crippen LogP contribution in [0, 0.1) is 0 Å². The van der Waals surface area contributed by atoms with Crippen LogP contribution >= 0.6 is 0 Å². The van der Waals surface area contributed by atoms with E-state index in [1.807, 2.05) is 89.0 Å². The third-order valence-corrected chi connectivity index (χ3v) is 5.54. The Morgan fingerprint density at radius 3 is 2.46 bits per heavy atom. The van der Waals surface area contributed by atoms with Crippen molar-refractivity contribution in [1.29, 1.82) is 0 Å². The number of alkyl carbamates (subject to hydrolysis) is 1. The number of amides is 1. The minimum atomic E-state index is -0.560. The zero-order valence-corrected chi connectivity index (χ0v) is 24.8. The van der Waals surface area contributed by atoms with Crippen LogP contribution in [0.4, 0.5) is 16.3 Å². The Morgan fingerprint density at radius 2 is 1.78 bits per heavy atom. The van der Waals surface area contributed by atoms with Crippen molar-refractivity contribution in [3.8, 4) is 11.1 Å². The van der Waals surface area contributed by atoms with Crippen LogP contribution in [-0.2, 0) is 20.8 Å². The van der Waals surface area contributed by atoms with Gasteiger partial charge in [-0.2, -0.15) is 0 Å². The van der Waals surface area contributed by atoms with Gasteiger partial charge in [0.1, 0.15) is 31.2 Å². The topological polar surface area (TPSA) is 115 Å². The van der Waals surface area contributed by atoms with Gasteiger partial charge < -0.3 is 24.8 Å². The molecule has 3 aromatic rings. The number of aromatic nitrogens is 2. The first-order valence-corrected chi connectivity index (χ1v) is 13.5. The number of carbonyl (C=O) groups is 2.